The quantitative estimate of drug-likeness (QED) is 0.321. The molecule has 0 aliphatic heterocycles. The third kappa shape index (κ3) is 3.60. The van der Waals surface area contributed by atoms with Crippen LogP contribution < -0.4 is 0 Å². The maximum atomic E-state index is 14.3. The number of nitrogens with zero attached hydrogens (tertiary/aromatic N) is 5. The molecule has 0 N–H and O–H groups in total. The molecule has 166 valence electrons. The zero-order valence-electron chi connectivity index (χ0n) is 16.5. The first-order valence-electron chi connectivity index (χ1n) is 9.51. The third-order valence-electron chi connectivity index (χ3n) is 4.94. The van der Waals surface area contributed by atoms with Gasteiger partial charge in [0.15, 0.2) is 0 Å². The van der Waals surface area contributed by atoms with Crippen molar-refractivity contribution in [2.75, 3.05) is 0 Å². The molecule has 0 aliphatic rings. The second kappa shape index (κ2) is 7.47. The van der Waals surface area contributed by atoms with Crippen LogP contribution in [0.4, 0.5) is 22.0 Å². The van der Waals surface area contributed by atoms with Crippen LogP contribution in [-0.2, 0) is 5.92 Å². The number of alkyl halides is 5. The van der Waals surface area contributed by atoms with E-state index in [0.29, 0.717) is 5.39 Å². The Morgan fingerprint density at radius 2 is 1.70 bits per heavy atom. The predicted octanol–water partition coefficient (Wildman–Crippen LogP) is 5.76. The summed E-state index contributed by atoms with van der Waals surface area (Å²) < 4.78 is 74.4. The van der Waals surface area contributed by atoms with E-state index in [1.165, 1.54) is 16.7 Å². The summed E-state index contributed by atoms with van der Waals surface area (Å²) in [5, 5.41) is 7.65. The van der Waals surface area contributed by atoms with Crippen molar-refractivity contribution in [3.05, 3.63) is 77.9 Å². The summed E-state index contributed by atoms with van der Waals surface area (Å²) in [5.74, 6) is -5.10. The monoisotopic (exact) mass is 457 g/mol. The summed E-state index contributed by atoms with van der Waals surface area (Å²) in [6.07, 6.45) is -0.252. The first kappa shape index (κ1) is 20.7. The van der Waals surface area contributed by atoms with Gasteiger partial charge in [-0.1, -0.05) is 42.5 Å². The van der Waals surface area contributed by atoms with E-state index >= 15 is 0 Å². The summed E-state index contributed by atoms with van der Waals surface area (Å²) in [4.78, 5) is 7.97. The smallest absolute Gasteiger partial charge is 0.422 e. The fourth-order valence-corrected chi connectivity index (χ4v) is 3.34. The van der Waals surface area contributed by atoms with Crippen LogP contribution in [0.3, 0.4) is 0 Å². The first-order chi connectivity index (χ1) is 15.7. The number of benzene rings is 1. The molecule has 6 nitrogen and oxygen atoms in total. The van der Waals surface area contributed by atoms with Crippen molar-refractivity contribution in [3.8, 4) is 11.6 Å². The molecule has 11 heteroatoms. The minimum atomic E-state index is -5.81. The van der Waals surface area contributed by atoms with Gasteiger partial charge in [0.2, 0.25) is 6.39 Å². The van der Waals surface area contributed by atoms with Crippen molar-refractivity contribution in [2.24, 2.45) is 0 Å². The average molecular weight is 457 g/mol. The normalized spacial score (nSPS) is 12.9. The van der Waals surface area contributed by atoms with E-state index in [1.54, 1.807) is 48.5 Å². The van der Waals surface area contributed by atoms with E-state index in [-0.39, 0.29) is 28.4 Å². The van der Waals surface area contributed by atoms with Crippen LogP contribution in [-0.4, -0.2) is 30.7 Å². The van der Waals surface area contributed by atoms with Crippen molar-refractivity contribution in [2.45, 2.75) is 12.1 Å². The molecule has 0 bridgehead atoms. The molecule has 0 saturated heterocycles. The highest BCUT2D eigenvalue weighted by atomic mass is 19.4. The van der Waals surface area contributed by atoms with Crippen molar-refractivity contribution < 1.29 is 26.4 Å². The van der Waals surface area contributed by atoms with Gasteiger partial charge in [-0.2, -0.15) is 22.0 Å². The van der Waals surface area contributed by atoms with Crippen molar-refractivity contribution in [1.29, 1.82) is 0 Å². The highest BCUT2D eigenvalue weighted by Crippen LogP contribution is 2.44. The molecule has 0 aliphatic carbocycles. The number of halogens is 5. The van der Waals surface area contributed by atoms with Gasteiger partial charge in [0.1, 0.15) is 22.7 Å². The second-order valence-corrected chi connectivity index (χ2v) is 7.08. The molecule has 33 heavy (non-hydrogen) atoms. The molecule has 4 aromatic heterocycles. The Kier molecular flexibility index (Phi) is 4.69. The lowest BCUT2D eigenvalue weighted by molar-refractivity contribution is -0.290. The van der Waals surface area contributed by atoms with Gasteiger partial charge >= 0.3 is 12.1 Å². The van der Waals surface area contributed by atoms with Crippen LogP contribution in [0.1, 0.15) is 16.8 Å². The van der Waals surface area contributed by atoms with Crippen molar-refractivity contribution in [1.82, 2.24) is 24.6 Å². The summed E-state index contributed by atoms with van der Waals surface area (Å²) >= 11 is 0. The van der Waals surface area contributed by atoms with Crippen LogP contribution in [0, 0.1) is 0 Å². The van der Waals surface area contributed by atoms with E-state index in [2.05, 4.69) is 20.2 Å². The SMILES string of the molecule is FC(F)(F)C(F)(F)c1cc(/C=C/c2ccccc2)c2ccc3nc(-c4nnco4)cn3c2n1. The number of hydrogen-bond donors (Lipinski definition) is 0. The molecular weight excluding hydrogens is 445 g/mol. The van der Waals surface area contributed by atoms with Gasteiger partial charge in [-0.05, 0) is 29.3 Å². The Bertz CT molecular complexity index is 1470. The van der Waals surface area contributed by atoms with E-state index in [0.717, 1.165) is 18.0 Å². The van der Waals surface area contributed by atoms with Crippen LogP contribution in [0.15, 0.2) is 65.5 Å². The fourth-order valence-electron chi connectivity index (χ4n) is 3.34. The van der Waals surface area contributed by atoms with Gasteiger partial charge in [0.25, 0.3) is 5.89 Å². The number of aromatic nitrogens is 5. The molecule has 0 spiro atoms. The Morgan fingerprint density at radius 3 is 2.39 bits per heavy atom. The van der Waals surface area contributed by atoms with E-state index in [1.807, 2.05) is 0 Å². The lowest BCUT2D eigenvalue weighted by atomic mass is 10.1. The van der Waals surface area contributed by atoms with Gasteiger partial charge in [-0.15, -0.1) is 10.2 Å². The topological polar surface area (TPSA) is 69.1 Å². The van der Waals surface area contributed by atoms with Gasteiger partial charge in [0.05, 0.1) is 0 Å². The third-order valence-corrected chi connectivity index (χ3v) is 4.94. The molecule has 0 saturated carbocycles. The first-order valence-corrected chi connectivity index (χ1v) is 9.51. The maximum absolute atomic E-state index is 14.3. The number of imidazole rings is 1. The zero-order chi connectivity index (χ0) is 23.2. The molecule has 0 radical (unpaired) electrons. The predicted molar refractivity (Wildman–Crippen MR) is 109 cm³/mol. The molecule has 5 aromatic rings. The van der Waals surface area contributed by atoms with Crippen molar-refractivity contribution >= 4 is 28.8 Å². The number of pyridine rings is 2. The van der Waals surface area contributed by atoms with Gasteiger partial charge in [-0.25, -0.2) is 9.97 Å². The lowest BCUT2D eigenvalue weighted by Crippen LogP contribution is -2.34. The minimum absolute atomic E-state index is 0.0628. The minimum Gasteiger partial charge on any atom is -0.422 e. The number of fused-ring (bicyclic) bond motifs is 3. The van der Waals surface area contributed by atoms with Crippen LogP contribution >= 0.6 is 0 Å². The number of rotatable bonds is 4. The Hall–Kier alpha value is -4.15. The zero-order valence-corrected chi connectivity index (χ0v) is 16.5. The highest BCUT2D eigenvalue weighted by Gasteiger charge is 2.60. The van der Waals surface area contributed by atoms with Crippen LogP contribution in [0.5, 0.6) is 0 Å². The lowest BCUT2D eigenvalue weighted by Gasteiger charge is -2.20. The largest absolute Gasteiger partial charge is 0.459 e. The maximum Gasteiger partial charge on any atom is 0.459 e. The van der Waals surface area contributed by atoms with E-state index < -0.39 is 17.8 Å². The summed E-state index contributed by atoms with van der Waals surface area (Å²) in [6.45, 7) is 0. The Morgan fingerprint density at radius 1 is 0.909 bits per heavy atom. The molecular formula is C22H12F5N5O. The second-order valence-electron chi connectivity index (χ2n) is 7.08. The Labute approximate surface area is 182 Å². The standard InChI is InChI=1S/C22H12F5N5O/c23-21(24,22(25,26)27)17-10-14(7-6-13-4-2-1-3-5-13)15-8-9-18-29-16(20-31-28-12-33-20)11-32(18)19(15)30-17/h1-12H/b7-6+. The summed E-state index contributed by atoms with van der Waals surface area (Å²) in [5.41, 5.74) is -0.188. The molecule has 0 amide bonds. The van der Waals surface area contributed by atoms with Gasteiger partial charge < -0.3 is 4.42 Å². The summed E-state index contributed by atoms with van der Waals surface area (Å²) in [6, 6.07) is 12.8. The van der Waals surface area contributed by atoms with Gasteiger partial charge in [0, 0.05) is 11.6 Å². The average Bonchev–Trinajstić information content (AvgIpc) is 3.47. The van der Waals surface area contributed by atoms with E-state index in [4.69, 9.17) is 4.42 Å². The number of hydrogen-bond acceptors (Lipinski definition) is 5. The molecule has 0 unspecified atom stereocenters. The van der Waals surface area contributed by atoms with E-state index in [9.17, 15) is 22.0 Å². The Balaban J connectivity index is 1.77. The molecule has 0 fully saturated rings. The highest BCUT2D eigenvalue weighted by molar-refractivity contribution is 5.91. The molecule has 5 rings (SSSR count). The van der Waals surface area contributed by atoms with Crippen molar-refractivity contribution in [3.63, 3.8) is 0 Å². The molecule has 4 heterocycles. The summed E-state index contributed by atoms with van der Waals surface area (Å²) in [7, 11) is 0. The molecule has 0 atom stereocenters. The van der Waals surface area contributed by atoms with Crippen LogP contribution in [0.2, 0.25) is 0 Å². The molecule has 1 aromatic carbocycles. The van der Waals surface area contributed by atoms with Crippen LogP contribution in [0.25, 0.3) is 40.4 Å². The fraction of sp³-hybridized carbons (Fsp3) is 0.0909. The van der Waals surface area contributed by atoms with Gasteiger partial charge in [-0.3, -0.25) is 4.40 Å².